The third-order valence-corrected chi connectivity index (χ3v) is 3.47. The van der Waals surface area contributed by atoms with Crippen LogP contribution in [0.3, 0.4) is 0 Å². The summed E-state index contributed by atoms with van der Waals surface area (Å²) in [6.07, 6.45) is 1.12. The van der Waals surface area contributed by atoms with Crippen LogP contribution in [0, 0.1) is 12.7 Å². The molecule has 2 rings (SSSR count). The van der Waals surface area contributed by atoms with Crippen LogP contribution in [0.25, 0.3) is 0 Å². The van der Waals surface area contributed by atoms with Gasteiger partial charge < -0.3 is 10.1 Å². The predicted molar refractivity (Wildman–Crippen MR) is 84.7 cm³/mol. The first-order chi connectivity index (χ1) is 10.1. The molecule has 0 atom stereocenters. The van der Waals surface area contributed by atoms with Crippen LogP contribution in [-0.4, -0.2) is 6.54 Å². The van der Waals surface area contributed by atoms with E-state index in [2.05, 4.69) is 12.2 Å². The smallest absolute Gasteiger partial charge is 0.142 e. The van der Waals surface area contributed by atoms with Gasteiger partial charge in [0.2, 0.25) is 0 Å². The normalized spacial score (nSPS) is 10.7. The lowest BCUT2D eigenvalue weighted by atomic mass is 10.1. The lowest BCUT2D eigenvalue weighted by Crippen LogP contribution is -2.14. The fourth-order valence-corrected chi connectivity index (χ4v) is 2.18. The van der Waals surface area contributed by atoms with Crippen LogP contribution in [-0.2, 0) is 6.54 Å². The summed E-state index contributed by atoms with van der Waals surface area (Å²) in [5.41, 5.74) is 2.40. The van der Waals surface area contributed by atoms with Crippen LogP contribution in [0.1, 0.15) is 24.5 Å². The molecule has 0 bridgehead atoms. The van der Waals surface area contributed by atoms with Gasteiger partial charge in [-0.25, -0.2) is 4.39 Å². The predicted octanol–water partition coefficient (Wildman–Crippen LogP) is 5.08. The monoisotopic (exact) mass is 307 g/mol. The van der Waals surface area contributed by atoms with E-state index in [-0.39, 0.29) is 5.02 Å². The molecule has 0 aromatic heterocycles. The van der Waals surface area contributed by atoms with Gasteiger partial charge in [0.25, 0.3) is 0 Å². The van der Waals surface area contributed by atoms with Crippen molar-refractivity contribution >= 4 is 11.6 Å². The van der Waals surface area contributed by atoms with E-state index in [1.807, 2.05) is 25.1 Å². The fourth-order valence-electron chi connectivity index (χ4n) is 2.01. The zero-order valence-corrected chi connectivity index (χ0v) is 13.0. The van der Waals surface area contributed by atoms with Crippen molar-refractivity contribution in [3.05, 3.63) is 58.4 Å². The van der Waals surface area contributed by atoms with Gasteiger partial charge in [0.05, 0.1) is 5.02 Å². The van der Waals surface area contributed by atoms with Crippen molar-refractivity contribution in [3.8, 4) is 11.5 Å². The van der Waals surface area contributed by atoms with Gasteiger partial charge in [-0.1, -0.05) is 24.6 Å². The molecule has 0 radical (unpaired) electrons. The third kappa shape index (κ3) is 4.45. The zero-order chi connectivity index (χ0) is 15.2. The lowest BCUT2D eigenvalue weighted by molar-refractivity contribution is 0.480. The van der Waals surface area contributed by atoms with Crippen LogP contribution >= 0.6 is 11.6 Å². The average Bonchev–Trinajstić information content (AvgIpc) is 2.45. The number of hydrogen-bond acceptors (Lipinski definition) is 2. The molecular weight excluding hydrogens is 289 g/mol. The molecule has 1 N–H and O–H groups in total. The minimum Gasteiger partial charge on any atom is -0.457 e. The zero-order valence-electron chi connectivity index (χ0n) is 12.2. The summed E-state index contributed by atoms with van der Waals surface area (Å²) < 4.78 is 18.8. The van der Waals surface area contributed by atoms with Crippen LogP contribution < -0.4 is 10.1 Å². The van der Waals surface area contributed by atoms with Gasteiger partial charge in [-0.05, 0) is 55.3 Å². The summed E-state index contributed by atoms with van der Waals surface area (Å²) in [7, 11) is 0. The Hall–Kier alpha value is -1.58. The Bertz CT molecular complexity index is 616. The highest BCUT2D eigenvalue weighted by atomic mass is 35.5. The molecule has 0 heterocycles. The Morgan fingerprint density at radius 3 is 2.52 bits per heavy atom. The Labute approximate surface area is 129 Å². The van der Waals surface area contributed by atoms with Crippen LogP contribution in [0.5, 0.6) is 11.5 Å². The highest BCUT2D eigenvalue weighted by Gasteiger charge is 2.05. The third-order valence-electron chi connectivity index (χ3n) is 3.18. The van der Waals surface area contributed by atoms with Crippen LogP contribution in [0.2, 0.25) is 5.02 Å². The van der Waals surface area contributed by atoms with Crippen molar-refractivity contribution in [1.82, 2.24) is 5.32 Å². The fraction of sp³-hybridized carbons (Fsp3) is 0.294. The summed E-state index contributed by atoms with van der Waals surface area (Å²) in [5, 5.41) is 3.43. The maximum atomic E-state index is 13.1. The van der Waals surface area contributed by atoms with E-state index in [0.717, 1.165) is 30.8 Å². The Morgan fingerprint density at radius 1 is 1.14 bits per heavy atom. The molecule has 2 aromatic carbocycles. The van der Waals surface area contributed by atoms with Crippen molar-refractivity contribution < 1.29 is 9.13 Å². The van der Waals surface area contributed by atoms with Crippen molar-refractivity contribution in [2.24, 2.45) is 0 Å². The van der Waals surface area contributed by atoms with Gasteiger partial charge in [-0.3, -0.25) is 0 Å². The number of nitrogens with one attached hydrogen (secondary N) is 1. The average molecular weight is 308 g/mol. The van der Waals surface area contributed by atoms with E-state index in [4.69, 9.17) is 16.3 Å². The van der Waals surface area contributed by atoms with Crippen LogP contribution in [0.15, 0.2) is 36.4 Å². The minimum absolute atomic E-state index is 0.0598. The number of rotatable bonds is 6. The topological polar surface area (TPSA) is 21.3 Å². The summed E-state index contributed by atoms with van der Waals surface area (Å²) in [5.74, 6) is 0.796. The molecule has 2 nitrogen and oxygen atoms in total. The number of hydrogen-bond donors (Lipinski definition) is 1. The molecule has 4 heteroatoms. The van der Waals surface area contributed by atoms with E-state index in [9.17, 15) is 4.39 Å². The van der Waals surface area contributed by atoms with Crippen molar-refractivity contribution in [2.75, 3.05) is 6.54 Å². The second kappa shape index (κ2) is 7.43. The first-order valence-electron chi connectivity index (χ1n) is 7.03. The van der Waals surface area contributed by atoms with Gasteiger partial charge in [0.1, 0.15) is 17.3 Å². The van der Waals surface area contributed by atoms with Crippen molar-refractivity contribution in [2.45, 2.75) is 26.8 Å². The molecule has 0 amide bonds. The molecule has 0 saturated carbocycles. The van der Waals surface area contributed by atoms with Gasteiger partial charge >= 0.3 is 0 Å². The molecule has 21 heavy (non-hydrogen) atoms. The maximum Gasteiger partial charge on any atom is 0.142 e. The Morgan fingerprint density at radius 2 is 1.86 bits per heavy atom. The first kappa shape index (κ1) is 15.8. The number of aryl methyl sites for hydroxylation is 1. The quantitative estimate of drug-likeness (QED) is 0.751. The highest BCUT2D eigenvalue weighted by Crippen LogP contribution is 2.27. The standard InChI is InChI=1S/C17H19ClFNO/c1-3-8-20-11-13-4-5-14(9-12(13)2)21-15-6-7-17(19)16(18)10-15/h4-7,9-10,20H,3,8,11H2,1-2H3. The molecule has 0 fully saturated rings. The summed E-state index contributed by atoms with van der Waals surface area (Å²) in [4.78, 5) is 0. The van der Waals surface area contributed by atoms with Gasteiger partial charge in [0.15, 0.2) is 0 Å². The van der Waals surface area contributed by atoms with E-state index < -0.39 is 5.82 Å². The second-order valence-electron chi connectivity index (χ2n) is 4.94. The molecule has 0 saturated heterocycles. The van der Waals surface area contributed by atoms with E-state index in [1.54, 1.807) is 6.07 Å². The molecule has 0 aliphatic rings. The maximum absolute atomic E-state index is 13.1. The molecule has 112 valence electrons. The highest BCUT2D eigenvalue weighted by molar-refractivity contribution is 6.30. The van der Waals surface area contributed by atoms with Gasteiger partial charge in [-0.15, -0.1) is 0 Å². The Kier molecular flexibility index (Phi) is 5.59. The van der Waals surface area contributed by atoms with E-state index >= 15 is 0 Å². The number of ether oxygens (including phenoxy) is 1. The van der Waals surface area contributed by atoms with Gasteiger partial charge in [0, 0.05) is 12.6 Å². The van der Waals surface area contributed by atoms with E-state index in [1.165, 1.54) is 17.7 Å². The summed E-state index contributed by atoms with van der Waals surface area (Å²) in [6.45, 7) is 6.05. The number of halogens is 2. The SMILES string of the molecule is CCCNCc1ccc(Oc2ccc(F)c(Cl)c2)cc1C. The molecule has 0 aliphatic heterocycles. The molecule has 0 aliphatic carbocycles. The van der Waals surface area contributed by atoms with Gasteiger partial charge in [-0.2, -0.15) is 0 Å². The Balaban J connectivity index is 2.07. The molecule has 2 aromatic rings. The minimum atomic E-state index is -0.447. The molecular formula is C17H19ClFNO. The lowest BCUT2D eigenvalue weighted by Gasteiger charge is -2.11. The largest absolute Gasteiger partial charge is 0.457 e. The summed E-state index contributed by atoms with van der Waals surface area (Å²) in [6, 6.07) is 10.3. The number of benzene rings is 2. The van der Waals surface area contributed by atoms with Crippen LogP contribution in [0.4, 0.5) is 4.39 Å². The summed E-state index contributed by atoms with van der Waals surface area (Å²) >= 11 is 5.74. The second-order valence-corrected chi connectivity index (χ2v) is 5.35. The first-order valence-corrected chi connectivity index (χ1v) is 7.41. The van der Waals surface area contributed by atoms with E-state index in [0.29, 0.717) is 5.75 Å². The molecule has 0 unspecified atom stereocenters. The van der Waals surface area contributed by atoms with Crippen molar-refractivity contribution in [3.63, 3.8) is 0 Å². The molecule has 0 spiro atoms. The van der Waals surface area contributed by atoms with Crippen molar-refractivity contribution in [1.29, 1.82) is 0 Å².